The Morgan fingerprint density at radius 2 is 1.55 bits per heavy atom. The number of aliphatic imine (C=N–C) groups is 1. The van der Waals surface area contributed by atoms with Crippen LogP contribution in [0.1, 0.15) is 25.3 Å². The average Bonchev–Trinajstić information content (AvgIpc) is 2.75. The van der Waals surface area contributed by atoms with Crippen LogP contribution in [0.25, 0.3) is 0 Å². The first-order valence-corrected chi connectivity index (χ1v) is 10.6. The number of ether oxygens (including phenoxy) is 3. The number of likely N-dealkylation sites (N-methyl/N-ethyl adjacent to an activating group) is 1. The summed E-state index contributed by atoms with van der Waals surface area (Å²) in [6, 6.07) is 10.1. The molecule has 0 aliphatic heterocycles. The number of benzene rings is 1. The quantitative estimate of drug-likeness (QED) is 0.142. The van der Waals surface area contributed by atoms with Crippen LogP contribution in [0, 0.1) is 0 Å². The van der Waals surface area contributed by atoms with Gasteiger partial charge in [-0.2, -0.15) is 0 Å². The molecule has 0 fully saturated rings. The second-order valence-electron chi connectivity index (χ2n) is 6.86. The second-order valence-corrected chi connectivity index (χ2v) is 6.86. The molecule has 1 aromatic rings. The minimum absolute atomic E-state index is 0. The molecular formula is C22H39IN4O4. The van der Waals surface area contributed by atoms with E-state index in [1.165, 1.54) is 4.90 Å². The smallest absolute Gasteiger partial charge is 0.243 e. The van der Waals surface area contributed by atoms with Crippen LogP contribution in [0.3, 0.4) is 0 Å². The van der Waals surface area contributed by atoms with Crippen LogP contribution >= 0.6 is 24.0 Å². The summed E-state index contributed by atoms with van der Waals surface area (Å²) < 4.78 is 16.5. The van der Waals surface area contributed by atoms with Gasteiger partial charge in [-0.25, -0.2) is 4.99 Å². The van der Waals surface area contributed by atoms with Crippen molar-refractivity contribution < 1.29 is 19.0 Å². The molecular weight excluding hydrogens is 511 g/mol. The molecule has 0 aromatic heterocycles. The molecule has 0 aliphatic rings. The van der Waals surface area contributed by atoms with Gasteiger partial charge in [-0.15, -0.1) is 24.0 Å². The zero-order valence-corrected chi connectivity index (χ0v) is 21.4. The molecule has 0 bridgehead atoms. The summed E-state index contributed by atoms with van der Waals surface area (Å²) in [5.41, 5.74) is 1.16. The zero-order chi connectivity index (χ0) is 21.9. The van der Waals surface area contributed by atoms with Crippen LogP contribution in [0.2, 0.25) is 0 Å². The predicted octanol–water partition coefficient (Wildman–Crippen LogP) is 2.28. The number of guanidine groups is 1. The van der Waals surface area contributed by atoms with Gasteiger partial charge in [0.15, 0.2) is 5.96 Å². The molecule has 0 unspecified atom stereocenters. The van der Waals surface area contributed by atoms with Crippen LogP contribution in [0.4, 0.5) is 0 Å². The van der Waals surface area contributed by atoms with Gasteiger partial charge in [-0.1, -0.05) is 30.3 Å². The SMILES string of the molecule is CCOCCCNC(=NCC(=O)N(C)C)NCCCOCCOCc1ccccc1.I. The third-order valence-electron chi connectivity index (χ3n) is 4.07. The number of carbonyl (C=O) groups is 1. The van der Waals surface area contributed by atoms with Crippen molar-refractivity contribution >= 4 is 35.8 Å². The molecule has 1 aromatic carbocycles. The fourth-order valence-electron chi connectivity index (χ4n) is 2.35. The Morgan fingerprint density at radius 3 is 2.16 bits per heavy atom. The zero-order valence-electron chi connectivity index (χ0n) is 19.1. The molecule has 8 nitrogen and oxygen atoms in total. The summed E-state index contributed by atoms with van der Waals surface area (Å²) in [6.07, 6.45) is 1.71. The van der Waals surface area contributed by atoms with E-state index in [0.717, 1.165) is 24.9 Å². The number of hydrogen-bond donors (Lipinski definition) is 2. The number of carbonyl (C=O) groups excluding carboxylic acids is 1. The van der Waals surface area contributed by atoms with Gasteiger partial charge in [0.25, 0.3) is 0 Å². The molecule has 9 heteroatoms. The Labute approximate surface area is 204 Å². The minimum Gasteiger partial charge on any atom is -0.382 e. The fraction of sp³-hybridized carbons (Fsp3) is 0.636. The van der Waals surface area contributed by atoms with Crippen LogP contribution < -0.4 is 10.6 Å². The van der Waals surface area contributed by atoms with Crippen LogP contribution in [-0.2, 0) is 25.6 Å². The summed E-state index contributed by atoms with van der Waals surface area (Å²) >= 11 is 0. The lowest BCUT2D eigenvalue weighted by atomic mass is 10.2. The Balaban J connectivity index is 0.00000900. The second kappa shape index (κ2) is 20.5. The van der Waals surface area contributed by atoms with Crippen LogP contribution in [-0.4, -0.2) is 83.5 Å². The summed E-state index contributed by atoms with van der Waals surface area (Å²) in [6.45, 7) is 7.33. The monoisotopic (exact) mass is 550 g/mol. The maximum Gasteiger partial charge on any atom is 0.243 e. The molecule has 1 amide bonds. The molecule has 0 heterocycles. The molecule has 0 saturated carbocycles. The summed E-state index contributed by atoms with van der Waals surface area (Å²) in [4.78, 5) is 17.6. The van der Waals surface area contributed by atoms with Crippen LogP contribution in [0.5, 0.6) is 0 Å². The first kappa shape index (κ1) is 29.6. The normalized spacial score (nSPS) is 11.0. The molecule has 178 valence electrons. The summed E-state index contributed by atoms with van der Waals surface area (Å²) in [5.74, 6) is 0.595. The highest BCUT2D eigenvalue weighted by atomic mass is 127. The van der Waals surface area contributed by atoms with Crippen molar-refractivity contribution in [2.45, 2.75) is 26.4 Å². The number of amides is 1. The number of rotatable bonds is 16. The van der Waals surface area contributed by atoms with Gasteiger partial charge in [-0.3, -0.25) is 4.79 Å². The summed E-state index contributed by atoms with van der Waals surface area (Å²) in [7, 11) is 3.45. The molecule has 1 rings (SSSR count). The third-order valence-corrected chi connectivity index (χ3v) is 4.07. The first-order valence-electron chi connectivity index (χ1n) is 10.6. The van der Waals surface area contributed by atoms with Gasteiger partial charge in [0.05, 0.1) is 19.8 Å². The number of nitrogens with zero attached hydrogens (tertiary/aromatic N) is 2. The fourth-order valence-corrected chi connectivity index (χ4v) is 2.35. The highest BCUT2D eigenvalue weighted by Gasteiger charge is 2.04. The number of nitrogens with one attached hydrogen (secondary N) is 2. The van der Waals surface area contributed by atoms with Crippen molar-refractivity contribution in [2.75, 3.05) is 66.8 Å². The lowest BCUT2D eigenvalue weighted by Gasteiger charge is -2.14. The highest BCUT2D eigenvalue weighted by Crippen LogP contribution is 2.00. The van der Waals surface area contributed by atoms with E-state index in [1.807, 2.05) is 37.3 Å². The van der Waals surface area contributed by atoms with Crippen molar-refractivity contribution in [2.24, 2.45) is 4.99 Å². The lowest BCUT2D eigenvalue weighted by Crippen LogP contribution is -2.40. The maximum atomic E-state index is 11.8. The van der Waals surface area contributed by atoms with Crippen molar-refractivity contribution in [3.8, 4) is 0 Å². The van der Waals surface area contributed by atoms with E-state index < -0.39 is 0 Å². The predicted molar refractivity (Wildman–Crippen MR) is 135 cm³/mol. The lowest BCUT2D eigenvalue weighted by molar-refractivity contribution is -0.127. The van der Waals surface area contributed by atoms with Crippen molar-refractivity contribution in [1.82, 2.24) is 15.5 Å². The molecule has 2 N–H and O–H groups in total. The molecule has 0 radical (unpaired) electrons. The highest BCUT2D eigenvalue weighted by molar-refractivity contribution is 14.0. The van der Waals surface area contributed by atoms with Gasteiger partial charge >= 0.3 is 0 Å². The minimum atomic E-state index is -0.0377. The molecule has 0 saturated heterocycles. The van der Waals surface area contributed by atoms with E-state index >= 15 is 0 Å². The Bertz CT molecular complexity index is 588. The number of hydrogen-bond acceptors (Lipinski definition) is 5. The van der Waals surface area contributed by atoms with Gasteiger partial charge in [0, 0.05) is 47.0 Å². The number of halogens is 1. The van der Waals surface area contributed by atoms with E-state index in [1.54, 1.807) is 14.1 Å². The van der Waals surface area contributed by atoms with E-state index in [2.05, 4.69) is 15.6 Å². The van der Waals surface area contributed by atoms with E-state index in [-0.39, 0.29) is 36.4 Å². The standard InChI is InChI=1S/C22H38N4O4.HI/c1-4-28-14-8-12-23-22(25-18-21(27)26(2)3)24-13-9-15-29-16-17-30-19-20-10-6-5-7-11-20;/h5-7,10-11H,4,8-9,12-19H2,1-3H3,(H2,23,24,25);1H. The van der Waals surface area contributed by atoms with E-state index in [0.29, 0.717) is 52.1 Å². The molecule has 0 aliphatic carbocycles. The first-order chi connectivity index (χ1) is 14.6. The van der Waals surface area contributed by atoms with E-state index in [4.69, 9.17) is 14.2 Å². The van der Waals surface area contributed by atoms with Crippen molar-refractivity contribution in [3.05, 3.63) is 35.9 Å². The Kier molecular flexibility index (Phi) is 19.5. The van der Waals surface area contributed by atoms with Crippen molar-refractivity contribution in [1.29, 1.82) is 0 Å². The van der Waals surface area contributed by atoms with Crippen LogP contribution in [0.15, 0.2) is 35.3 Å². The molecule has 0 spiro atoms. The molecule has 31 heavy (non-hydrogen) atoms. The Morgan fingerprint density at radius 1 is 0.935 bits per heavy atom. The third kappa shape index (κ3) is 16.9. The van der Waals surface area contributed by atoms with E-state index in [9.17, 15) is 4.79 Å². The van der Waals surface area contributed by atoms with Gasteiger partial charge < -0.3 is 29.7 Å². The molecule has 0 atom stereocenters. The average molecular weight is 550 g/mol. The van der Waals surface area contributed by atoms with Gasteiger partial charge in [0.2, 0.25) is 5.91 Å². The van der Waals surface area contributed by atoms with Gasteiger partial charge in [-0.05, 0) is 25.3 Å². The van der Waals surface area contributed by atoms with Gasteiger partial charge in [0.1, 0.15) is 6.54 Å². The topological polar surface area (TPSA) is 84.4 Å². The summed E-state index contributed by atoms with van der Waals surface area (Å²) in [5, 5.41) is 6.48. The maximum absolute atomic E-state index is 11.8. The Hall–Kier alpha value is -1.43. The largest absolute Gasteiger partial charge is 0.382 e. The van der Waals surface area contributed by atoms with Crippen molar-refractivity contribution in [3.63, 3.8) is 0 Å².